The lowest BCUT2D eigenvalue weighted by molar-refractivity contribution is -0.00832. The van der Waals surface area contributed by atoms with Gasteiger partial charge in [0, 0.05) is 20.1 Å². The van der Waals surface area contributed by atoms with Crippen LogP contribution in [0.15, 0.2) is 23.2 Å². The van der Waals surface area contributed by atoms with Gasteiger partial charge in [-0.2, -0.15) is 0 Å². The zero-order valence-electron chi connectivity index (χ0n) is 14.3. The fraction of sp³-hybridized carbons (Fsp3) is 0.611. The summed E-state index contributed by atoms with van der Waals surface area (Å²) in [5.74, 6) is 1.87. The summed E-state index contributed by atoms with van der Waals surface area (Å²) in [6.07, 6.45) is 2.85. The molecule has 1 heterocycles. The predicted molar refractivity (Wildman–Crippen MR) is 106 cm³/mol. The quantitative estimate of drug-likeness (QED) is 0.455. The van der Waals surface area contributed by atoms with Crippen molar-refractivity contribution in [1.82, 2.24) is 10.2 Å². The average molecular weight is 429 g/mol. The number of morpholine rings is 1. The van der Waals surface area contributed by atoms with Crippen molar-refractivity contribution < 1.29 is 4.74 Å². The van der Waals surface area contributed by atoms with Gasteiger partial charge in [0.25, 0.3) is 0 Å². The lowest BCUT2D eigenvalue weighted by Gasteiger charge is -2.36. The lowest BCUT2D eigenvalue weighted by atomic mass is 10.00. The number of aryl methyl sites for hydroxylation is 2. The molecule has 1 N–H and O–H groups in total. The first-order chi connectivity index (χ1) is 10.7. The molecule has 0 amide bonds. The van der Waals surface area contributed by atoms with Gasteiger partial charge in [0.15, 0.2) is 5.96 Å². The zero-order chi connectivity index (χ0) is 15.5. The second-order valence-corrected chi connectivity index (χ2v) is 6.54. The standard InChI is InChI=1S/C18H27N3O.HI/c1-13-4-7-16(14(2)10-13)17-12-21(8-9-22-17)18(19-3)20-11-15-5-6-15;/h4,7,10,15,17H,5-6,8-9,11-12H2,1-3H3,(H,19,20);1H. The summed E-state index contributed by atoms with van der Waals surface area (Å²) in [5, 5.41) is 3.52. The van der Waals surface area contributed by atoms with Crippen LogP contribution in [0, 0.1) is 19.8 Å². The van der Waals surface area contributed by atoms with Crippen LogP contribution in [0.1, 0.15) is 35.6 Å². The highest BCUT2D eigenvalue weighted by Crippen LogP contribution is 2.28. The van der Waals surface area contributed by atoms with Crippen LogP contribution in [-0.4, -0.2) is 44.1 Å². The second kappa shape index (κ2) is 8.33. The second-order valence-electron chi connectivity index (χ2n) is 6.54. The van der Waals surface area contributed by atoms with Crippen molar-refractivity contribution in [2.45, 2.75) is 32.8 Å². The van der Waals surface area contributed by atoms with E-state index in [9.17, 15) is 0 Å². The van der Waals surface area contributed by atoms with Crippen LogP contribution >= 0.6 is 24.0 Å². The summed E-state index contributed by atoms with van der Waals surface area (Å²) < 4.78 is 6.02. The Bertz CT molecular complexity index is 557. The van der Waals surface area contributed by atoms with Gasteiger partial charge in [0.1, 0.15) is 6.10 Å². The fourth-order valence-electron chi connectivity index (χ4n) is 3.11. The van der Waals surface area contributed by atoms with E-state index < -0.39 is 0 Å². The Kier molecular flexibility index (Phi) is 6.71. The van der Waals surface area contributed by atoms with Gasteiger partial charge in [-0.15, -0.1) is 24.0 Å². The van der Waals surface area contributed by atoms with E-state index in [1.807, 2.05) is 7.05 Å². The Morgan fingerprint density at radius 1 is 1.35 bits per heavy atom. The van der Waals surface area contributed by atoms with Gasteiger partial charge in [-0.3, -0.25) is 4.99 Å². The van der Waals surface area contributed by atoms with Gasteiger partial charge >= 0.3 is 0 Å². The van der Waals surface area contributed by atoms with E-state index in [0.29, 0.717) is 0 Å². The van der Waals surface area contributed by atoms with Crippen LogP contribution in [0.25, 0.3) is 0 Å². The van der Waals surface area contributed by atoms with Crippen molar-refractivity contribution in [3.63, 3.8) is 0 Å². The number of hydrogen-bond acceptors (Lipinski definition) is 2. The van der Waals surface area contributed by atoms with Crippen molar-refractivity contribution in [3.05, 3.63) is 34.9 Å². The first kappa shape index (κ1) is 18.5. The van der Waals surface area contributed by atoms with Crippen molar-refractivity contribution in [1.29, 1.82) is 0 Å². The number of nitrogens with one attached hydrogen (secondary N) is 1. The number of hydrogen-bond donors (Lipinski definition) is 1. The third-order valence-electron chi connectivity index (χ3n) is 4.60. The summed E-state index contributed by atoms with van der Waals surface area (Å²) in [7, 11) is 1.87. The van der Waals surface area contributed by atoms with Gasteiger partial charge in [0.05, 0.1) is 13.2 Å². The molecule has 23 heavy (non-hydrogen) atoms. The molecule has 1 aliphatic carbocycles. The van der Waals surface area contributed by atoms with Gasteiger partial charge in [-0.1, -0.05) is 23.8 Å². The number of nitrogens with zero attached hydrogens (tertiary/aromatic N) is 2. The summed E-state index contributed by atoms with van der Waals surface area (Å²) in [5.41, 5.74) is 3.91. The van der Waals surface area contributed by atoms with Crippen LogP contribution < -0.4 is 5.32 Å². The Morgan fingerprint density at radius 3 is 2.78 bits per heavy atom. The molecule has 1 atom stereocenters. The van der Waals surface area contributed by atoms with E-state index in [2.05, 4.69) is 47.3 Å². The third kappa shape index (κ3) is 4.83. The van der Waals surface area contributed by atoms with E-state index in [1.165, 1.54) is 29.5 Å². The minimum atomic E-state index is 0. The van der Waals surface area contributed by atoms with Crippen molar-refractivity contribution >= 4 is 29.9 Å². The molecule has 5 heteroatoms. The number of benzene rings is 1. The molecule has 1 saturated carbocycles. The summed E-state index contributed by atoms with van der Waals surface area (Å²) in [4.78, 5) is 6.78. The molecule has 3 rings (SSSR count). The molecular formula is C18H28IN3O. The molecule has 4 nitrogen and oxygen atoms in total. The molecule has 1 saturated heterocycles. The van der Waals surface area contributed by atoms with Crippen LogP contribution in [0.3, 0.4) is 0 Å². The minimum absolute atomic E-state index is 0. The van der Waals surface area contributed by atoms with Crippen LogP contribution in [0.4, 0.5) is 0 Å². The molecule has 0 radical (unpaired) electrons. The van der Waals surface area contributed by atoms with E-state index in [-0.39, 0.29) is 30.1 Å². The van der Waals surface area contributed by atoms with Gasteiger partial charge in [0.2, 0.25) is 0 Å². The molecule has 0 bridgehead atoms. The van der Waals surface area contributed by atoms with E-state index in [0.717, 1.165) is 38.1 Å². The maximum absolute atomic E-state index is 6.02. The normalized spacial score (nSPS) is 21.8. The largest absolute Gasteiger partial charge is 0.370 e. The highest BCUT2D eigenvalue weighted by atomic mass is 127. The Hall–Kier alpha value is -0.820. The maximum atomic E-state index is 6.02. The minimum Gasteiger partial charge on any atom is -0.370 e. The van der Waals surface area contributed by atoms with Crippen LogP contribution in [-0.2, 0) is 4.74 Å². The lowest BCUT2D eigenvalue weighted by Crippen LogP contribution is -2.48. The monoisotopic (exact) mass is 429 g/mol. The van der Waals surface area contributed by atoms with Crippen molar-refractivity contribution in [3.8, 4) is 0 Å². The number of aliphatic imine (C=N–C) groups is 1. The molecule has 2 fully saturated rings. The van der Waals surface area contributed by atoms with Gasteiger partial charge < -0.3 is 15.0 Å². The molecule has 0 aromatic heterocycles. The van der Waals surface area contributed by atoms with E-state index >= 15 is 0 Å². The van der Waals surface area contributed by atoms with Gasteiger partial charge in [-0.05, 0) is 43.7 Å². The first-order valence-corrected chi connectivity index (χ1v) is 8.31. The fourth-order valence-corrected chi connectivity index (χ4v) is 3.11. The molecule has 0 spiro atoms. The Morgan fingerprint density at radius 2 is 2.13 bits per heavy atom. The summed E-state index contributed by atoms with van der Waals surface area (Å²) in [6, 6.07) is 6.61. The molecule has 1 unspecified atom stereocenters. The van der Waals surface area contributed by atoms with E-state index in [1.54, 1.807) is 0 Å². The molecule has 1 aromatic rings. The third-order valence-corrected chi connectivity index (χ3v) is 4.60. The highest BCUT2D eigenvalue weighted by Gasteiger charge is 2.27. The highest BCUT2D eigenvalue weighted by molar-refractivity contribution is 14.0. The number of ether oxygens (including phenoxy) is 1. The van der Waals surface area contributed by atoms with Crippen LogP contribution in [0.5, 0.6) is 0 Å². The molecule has 128 valence electrons. The van der Waals surface area contributed by atoms with Gasteiger partial charge in [-0.25, -0.2) is 0 Å². The molecule has 1 aromatic carbocycles. The summed E-state index contributed by atoms with van der Waals surface area (Å²) >= 11 is 0. The van der Waals surface area contributed by atoms with Crippen molar-refractivity contribution in [2.75, 3.05) is 33.3 Å². The zero-order valence-corrected chi connectivity index (χ0v) is 16.7. The molecule has 1 aliphatic heterocycles. The molecule has 2 aliphatic rings. The SMILES string of the molecule is CN=C(NCC1CC1)N1CCOC(c2ccc(C)cc2C)C1.I. The average Bonchev–Trinajstić information content (AvgIpc) is 3.32. The smallest absolute Gasteiger partial charge is 0.193 e. The number of halogens is 1. The number of rotatable bonds is 3. The van der Waals surface area contributed by atoms with Crippen molar-refractivity contribution in [2.24, 2.45) is 10.9 Å². The van der Waals surface area contributed by atoms with E-state index in [4.69, 9.17) is 4.74 Å². The van der Waals surface area contributed by atoms with Crippen LogP contribution in [0.2, 0.25) is 0 Å². The summed E-state index contributed by atoms with van der Waals surface area (Å²) in [6.45, 7) is 7.89. The predicted octanol–water partition coefficient (Wildman–Crippen LogP) is 3.28. The Balaban J connectivity index is 0.00000192. The maximum Gasteiger partial charge on any atom is 0.193 e. The first-order valence-electron chi connectivity index (χ1n) is 8.31. The topological polar surface area (TPSA) is 36.9 Å². The molecular weight excluding hydrogens is 401 g/mol. The Labute approximate surface area is 156 Å². The number of guanidine groups is 1.